The third-order valence-electron chi connectivity index (χ3n) is 4.36. The van der Waals surface area contributed by atoms with E-state index in [1.54, 1.807) is 7.11 Å². The van der Waals surface area contributed by atoms with Gasteiger partial charge in [0.2, 0.25) is 5.88 Å². The summed E-state index contributed by atoms with van der Waals surface area (Å²) in [5.74, 6) is 2.34. The number of nitrogens with one attached hydrogen (secondary N) is 1. The van der Waals surface area contributed by atoms with E-state index in [1.165, 1.54) is 0 Å². The Bertz CT molecular complexity index is 981. The highest BCUT2D eigenvalue weighted by atomic mass is 16.5. The number of carbonyl (C=O) groups excluding carboxylic acids is 1. The fourth-order valence-electron chi connectivity index (χ4n) is 2.85. The van der Waals surface area contributed by atoms with Crippen molar-refractivity contribution in [1.82, 2.24) is 15.1 Å². The minimum atomic E-state index is -1.32. The van der Waals surface area contributed by atoms with Gasteiger partial charge >= 0.3 is 0 Å². The molecule has 3 aromatic rings. The third-order valence-corrected chi connectivity index (χ3v) is 4.36. The smallest absolute Gasteiger partial charge is 0.233 e. The summed E-state index contributed by atoms with van der Waals surface area (Å²) in [6.07, 6.45) is -1.32. The molecule has 8 nitrogen and oxygen atoms in total. The minimum Gasteiger partial charge on any atom is -0.530 e. The van der Waals surface area contributed by atoms with E-state index in [0.29, 0.717) is 24.2 Å². The Balaban J connectivity index is 1.83. The molecule has 3 rings (SSSR count). The van der Waals surface area contributed by atoms with Crippen LogP contribution in [-0.2, 0) is 0 Å². The second-order valence-electron chi connectivity index (χ2n) is 7.27. The molecule has 1 aromatic heterocycles. The van der Waals surface area contributed by atoms with Crippen LogP contribution in [0.25, 0.3) is 16.9 Å². The monoisotopic (exact) mass is 424 g/mol. The van der Waals surface area contributed by atoms with E-state index in [9.17, 15) is 9.90 Å². The summed E-state index contributed by atoms with van der Waals surface area (Å²) < 4.78 is 18.5. The zero-order chi connectivity index (χ0) is 22.2. The van der Waals surface area contributed by atoms with Gasteiger partial charge in [0.05, 0.1) is 31.6 Å². The molecular formula is C23H26N3O5-. The van der Waals surface area contributed by atoms with Crippen molar-refractivity contribution >= 4 is 6.09 Å². The first-order chi connectivity index (χ1) is 15.0. The van der Waals surface area contributed by atoms with E-state index in [0.717, 1.165) is 22.7 Å². The van der Waals surface area contributed by atoms with Crippen molar-refractivity contribution in [2.45, 2.75) is 13.8 Å². The largest absolute Gasteiger partial charge is 0.530 e. The molecule has 0 radical (unpaired) electrons. The van der Waals surface area contributed by atoms with Crippen LogP contribution in [0, 0.1) is 5.92 Å². The number of nitrogens with zero attached hydrogens (tertiary/aromatic N) is 2. The molecule has 0 unspecified atom stereocenters. The highest BCUT2D eigenvalue weighted by Gasteiger charge is 2.14. The van der Waals surface area contributed by atoms with Crippen LogP contribution in [-0.4, -0.2) is 42.7 Å². The number of amides is 1. The number of benzene rings is 2. The molecule has 8 heteroatoms. The topological polar surface area (TPSA) is 97.7 Å². The van der Waals surface area contributed by atoms with Gasteiger partial charge in [0.1, 0.15) is 24.2 Å². The van der Waals surface area contributed by atoms with E-state index in [-0.39, 0.29) is 13.2 Å². The number of rotatable bonds is 10. The maximum atomic E-state index is 10.4. The van der Waals surface area contributed by atoms with Crippen molar-refractivity contribution in [3.8, 4) is 34.3 Å². The number of hydrogen-bond acceptors (Lipinski definition) is 6. The fraction of sp³-hybridized carbons (Fsp3) is 0.304. The molecule has 0 aliphatic carbocycles. The fourth-order valence-corrected chi connectivity index (χ4v) is 2.85. The first-order valence-corrected chi connectivity index (χ1v) is 10.0. The molecule has 0 aliphatic rings. The lowest BCUT2D eigenvalue weighted by Gasteiger charge is -2.10. The molecule has 1 amide bonds. The quantitative estimate of drug-likeness (QED) is 0.503. The van der Waals surface area contributed by atoms with E-state index >= 15 is 0 Å². The average molecular weight is 424 g/mol. The van der Waals surface area contributed by atoms with E-state index in [2.05, 4.69) is 24.3 Å². The number of carbonyl (C=O) groups is 1. The van der Waals surface area contributed by atoms with E-state index in [4.69, 9.17) is 14.2 Å². The molecular weight excluding hydrogens is 398 g/mol. The Morgan fingerprint density at radius 3 is 2.35 bits per heavy atom. The van der Waals surface area contributed by atoms with Gasteiger partial charge < -0.3 is 29.4 Å². The van der Waals surface area contributed by atoms with Crippen LogP contribution in [0.2, 0.25) is 0 Å². The molecule has 0 bridgehead atoms. The Kier molecular flexibility index (Phi) is 7.37. The predicted octanol–water partition coefficient (Wildman–Crippen LogP) is 2.89. The molecule has 0 saturated carbocycles. The van der Waals surface area contributed by atoms with Crippen LogP contribution in [0.5, 0.6) is 17.4 Å². The second-order valence-corrected chi connectivity index (χ2v) is 7.27. The molecule has 1 N–H and O–H groups in total. The van der Waals surface area contributed by atoms with Crippen LogP contribution in [0.4, 0.5) is 4.79 Å². The molecule has 0 atom stereocenters. The SMILES string of the molecule is COc1ccc(-n2nc(OCC(C)C)cc2-c2ccc(OCCNC(=O)[O-])cc2)cc1. The van der Waals surface area contributed by atoms with Crippen molar-refractivity contribution < 1.29 is 24.1 Å². The zero-order valence-corrected chi connectivity index (χ0v) is 17.8. The van der Waals surface area contributed by atoms with Crippen molar-refractivity contribution in [1.29, 1.82) is 0 Å². The highest BCUT2D eigenvalue weighted by molar-refractivity contribution is 5.64. The summed E-state index contributed by atoms with van der Waals surface area (Å²) in [6, 6.07) is 17.0. The Hall–Kier alpha value is -3.68. The van der Waals surface area contributed by atoms with Gasteiger partial charge in [0.15, 0.2) is 0 Å². The van der Waals surface area contributed by atoms with Crippen LogP contribution >= 0.6 is 0 Å². The van der Waals surface area contributed by atoms with Crippen LogP contribution < -0.4 is 24.6 Å². The summed E-state index contributed by atoms with van der Waals surface area (Å²) in [7, 11) is 1.63. The maximum absolute atomic E-state index is 10.4. The number of ether oxygens (including phenoxy) is 3. The number of methoxy groups -OCH3 is 1. The number of aromatic nitrogens is 2. The summed E-state index contributed by atoms with van der Waals surface area (Å²) in [6.45, 7) is 5.12. The van der Waals surface area contributed by atoms with Crippen molar-refractivity contribution in [2.75, 3.05) is 26.9 Å². The van der Waals surface area contributed by atoms with E-state index in [1.807, 2.05) is 59.3 Å². The summed E-state index contributed by atoms with van der Waals surface area (Å²) in [5.41, 5.74) is 2.68. The number of hydrogen-bond donors (Lipinski definition) is 1. The Morgan fingerprint density at radius 1 is 1.06 bits per heavy atom. The molecule has 1 heterocycles. The number of carboxylic acid groups (broad SMARTS) is 1. The van der Waals surface area contributed by atoms with Crippen molar-refractivity contribution in [2.24, 2.45) is 5.92 Å². The molecule has 164 valence electrons. The minimum absolute atomic E-state index is 0.158. The van der Waals surface area contributed by atoms with Gasteiger partial charge in [-0.2, -0.15) is 0 Å². The first-order valence-electron chi connectivity index (χ1n) is 10.0. The molecule has 0 aliphatic heterocycles. The second kappa shape index (κ2) is 10.4. The van der Waals surface area contributed by atoms with Crippen LogP contribution in [0.1, 0.15) is 13.8 Å². The standard InChI is InChI=1S/C23H27N3O5/c1-16(2)15-31-22-14-21(26(25-22)18-6-10-19(29-3)11-7-18)17-4-8-20(9-5-17)30-13-12-24-23(27)28/h4-11,14,16,24H,12-13,15H2,1-3H3,(H,27,28)/p-1. The maximum Gasteiger partial charge on any atom is 0.233 e. The first kappa shape index (κ1) is 22.0. The Morgan fingerprint density at radius 2 is 1.74 bits per heavy atom. The van der Waals surface area contributed by atoms with Crippen molar-refractivity contribution in [3.05, 3.63) is 54.6 Å². The summed E-state index contributed by atoms with van der Waals surface area (Å²) in [5, 5.41) is 17.2. The molecule has 0 saturated heterocycles. The third kappa shape index (κ3) is 6.15. The van der Waals surface area contributed by atoms with Crippen molar-refractivity contribution in [3.63, 3.8) is 0 Å². The van der Waals surface area contributed by atoms with Crippen LogP contribution in [0.15, 0.2) is 54.6 Å². The van der Waals surface area contributed by atoms with Gasteiger partial charge in [-0.3, -0.25) is 0 Å². The van der Waals surface area contributed by atoms with Gasteiger partial charge in [-0.05, 0) is 54.4 Å². The molecule has 0 fully saturated rings. The lowest BCUT2D eigenvalue weighted by atomic mass is 10.1. The lowest BCUT2D eigenvalue weighted by Crippen LogP contribution is -2.38. The van der Waals surface area contributed by atoms with Gasteiger partial charge in [-0.25, -0.2) is 4.68 Å². The molecule has 0 spiro atoms. The highest BCUT2D eigenvalue weighted by Crippen LogP contribution is 2.29. The average Bonchev–Trinajstić information content (AvgIpc) is 3.20. The lowest BCUT2D eigenvalue weighted by molar-refractivity contribution is -0.250. The van der Waals surface area contributed by atoms with Gasteiger partial charge in [0.25, 0.3) is 0 Å². The summed E-state index contributed by atoms with van der Waals surface area (Å²) in [4.78, 5) is 10.4. The summed E-state index contributed by atoms with van der Waals surface area (Å²) >= 11 is 0. The van der Waals surface area contributed by atoms with Gasteiger partial charge in [0, 0.05) is 11.6 Å². The zero-order valence-electron chi connectivity index (χ0n) is 17.8. The molecule has 31 heavy (non-hydrogen) atoms. The molecule has 2 aromatic carbocycles. The van der Waals surface area contributed by atoms with E-state index < -0.39 is 6.09 Å². The van der Waals surface area contributed by atoms with Crippen LogP contribution in [0.3, 0.4) is 0 Å². The predicted molar refractivity (Wildman–Crippen MR) is 115 cm³/mol. The Labute approximate surface area is 181 Å². The normalized spacial score (nSPS) is 10.7. The van der Waals surface area contributed by atoms with Gasteiger partial charge in [-0.15, -0.1) is 5.10 Å². The van der Waals surface area contributed by atoms with Gasteiger partial charge in [-0.1, -0.05) is 13.8 Å².